The highest BCUT2D eigenvalue weighted by Gasteiger charge is 2.30. The van der Waals surface area contributed by atoms with E-state index in [0.717, 1.165) is 12.1 Å². The summed E-state index contributed by atoms with van der Waals surface area (Å²) in [7, 11) is -2.20. The van der Waals surface area contributed by atoms with Gasteiger partial charge in [0, 0.05) is 13.1 Å². The van der Waals surface area contributed by atoms with Crippen LogP contribution in [0.4, 0.5) is 13.2 Å². The molecule has 132 valence electrons. The fourth-order valence-electron chi connectivity index (χ4n) is 2.46. The molecule has 0 spiro atoms. The molecular weight excluding hydrogens is 343 g/mol. The number of alkyl halides is 3. The molecule has 1 aromatic heterocycles. The normalized spacial score (nSPS) is 14.0. The average Bonchev–Trinajstić information content (AvgIpc) is 2.71. The molecule has 1 atom stereocenters. The SMILES string of the molecule is Cc1nn(C)c(C)c1S(=O)(=O)N[C@@H](C)c1ccc(C(F)(F)F)cc1. The van der Waals surface area contributed by atoms with Crippen molar-refractivity contribution < 1.29 is 21.6 Å². The third-order valence-electron chi connectivity index (χ3n) is 3.78. The monoisotopic (exact) mass is 361 g/mol. The molecule has 0 radical (unpaired) electrons. The van der Waals surface area contributed by atoms with Gasteiger partial charge in [-0.05, 0) is 38.5 Å². The molecule has 0 aliphatic carbocycles. The minimum absolute atomic E-state index is 0.0868. The predicted molar refractivity (Wildman–Crippen MR) is 82.9 cm³/mol. The summed E-state index contributed by atoms with van der Waals surface area (Å²) < 4.78 is 66.8. The number of benzene rings is 1. The fourth-order valence-corrected chi connectivity index (χ4v) is 4.13. The molecule has 1 heterocycles. The maximum atomic E-state index is 12.6. The lowest BCUT2D eigenvalue weighted by Gasteiger charge is -2.16. The van der Waals surface area contributed by atoms with Gasteiger partial charge in [0.1, 0.15) is 4.90 Å². The largest absolute Gasteiger partial charge is 0.416 e. The minimum Gasteiger partial charge on any atom is -0.271 e. The number of hydrogen-bond acceptors (Lipinski definition) is 3. The van der Waals surface area contributed by atoms with Gasteiger partial charge in [-0.15, -0.1) is 0 Å². The number of nitrogens with one attached hydrogen (secondary N) is 1. The summed E-state index contributed by atoms with van der Waals surface area (Å²) in [4.78, 5) is 0.0868. The Hall–Kier alpha value is -1.87. The molecule has 0 unspecified atom stereocenters. The van der Waals surface area contributed by atoms with E-state index in [1.54, 1.807) is 27.8 Å². The van der Waals surface area contributed by atoms with Crippen LogP contribution >= 0.6 is 0 Å². The van der Waals surface area contributed by atoms with Crippen LogP contribution in [0.15, 0.2) is 29.2 Å². The summed E-state index contributed by atoms with van der Waals surface area (Å²) in [6.07, 6.45) is -4.43. The second kappa shape index (κ2) is 6.21. The van der Waals surface area contributed by atoms with Gasteiger partial charge in [-0.1, -0.05) is 12.1 Å². The molecule has 9 heteroatoms. The molecule has 5 nitrogen and oxygen atoms in total. The first-order chi connectivity index (χ1) is 10.9. The Kier molecular flexibility index (Phi) is 4.78. The maximum Gasteiger partial charge on any atom is 0.416 e. The van der Waals surface area contributed by atoms with E-state index in [2.05, 4.69) is 9.82 Å². The van der Waals surface area contributed by atoms with Crippen LogP contribution < -0.4 is 4.72 Å². The lowest BCUT2D eigenvalue weighted by molar-refractivity contribution is -0.137. The predicted octanol–water partition coefficient (Wildman–Crippen LogP) is 3.10. The average molecular weight is 361 g/mol. The third kappa shape index (κ3) is 3.62. The molecule has 0 aliphatic rings. The first kappa shape index (κ1) is 18.5. The van der Waals surface area contributed by atoms with Crippen molar-refractivity contribution in [2.75, 3.05) is 0 Å². The fraction of sp³-hybridized carbons (Fsp3) is 0.400. The van der Waals surface area contributed by atoms with Gasteiger partial charge in [-0.25, -0.2) is 13.1 Å². The topological polar surface area (TPSA) is 64.0 Å². The van der Waals surface area contributed by atoms with E-state index in [-0.39, 0.29) is 4.90 Å². The minimum atomic E-state index is -4.43. The van der Waals surface area contributed by atoms with E-state index >= 15 is 0 Å². The summed E-state index contributed by atoms with van der Waals surface area (Å²) in [6, 6.07) is 3.70. The van der Waals surface area contributed by atoms with Crippen molar-refractivity contribution in [3.8, 4) is 0 Å². The molecule has 0 saturated carbocycles. The number of rotatable bonds is 4. The number of aryl methyl sites for hydroxylation is 2. The third-order valence-corrected chi connectivity index (χ3v) is 5.57. The Bertz CT molecular complexity index is 840. The zero-order chi connectivity index (χ0) is 18.3. The summed E-state index contributed by atoms with van der Waals surface area (Å²) in [5, 5.41) is 4.07. The second-order valence-electron chi connectivity index (χ2n) is 5.59. The van der Waals surface area contributed by atoms with Crippen LogP contribution in [0.25, 0.3) is 0 Å². The number of aromatic nitrogens is 2. The number of hydrogen-bond donors (Lipinski definition) is 1. The van der Waals surface area contributed by atoms with Crippen LogP contribution in [0.2, 0.25) is 0 Å². The van der Waals surface area contributed by atoms with Crippen molar-refractivity contribution in [3.63, 3.8) is 0 Å². The van der Waals surface area contributed by atoms with Crippen LogP contribution in [0.5, 0.6) is 0 Å². The highest BCUT2D eigenvalue weighted by Crippen LogP contribution is 2.30. The summed E-state index contributed by atoms with van der Waals surface area (Å²) >= 11 is 0. The first-order valence-corrected chi connectivity index (χ1v) is 8.61. The quantitative estimate of drug-likeness (QED) is 0.910. The molecule has 0 amide bonds. The molecule has 0 fully saturated rings. The summed E-state index contributed by atoms with van der Waals surface area (Å²) in [5.74, 6) is 0. The van der Waals surface area contributed by atoms with Gasteiger partial charge >= 0.3 is 6.18 Å². The summed E-state index contributed by atoms with van der Waals surface area (Å²) in [5.41, 5.74) is 0.507. The number of sulfonamides is 1. The van der Waals surface area contributed by atoms with E-state index in [0.29, 0.717) is 17.0 Å². The lowest BCUT2D eigenvalue weighted by Crippen LogP contribution is -2.27. The molecule has 0 saturated heterocycles. The Labute approximate surface area is 138 Å². The smallest absolute Gasteiger partial charge is 0.271 e. The first-order valence-electron chi connectivity index (χ1n) is 7.13. The van der Waals surface area contributed by atoms with Crippen molar-refractivity contribution >= 4 is 10.0 Å². The zero-order valence-corrected chi connectivity index (χ0v) is 14.5. The van der Waals surface area contributed by atoms with Crippen LogP contribution in [-0.2, 0) is 23.2 Å². The van der Waals surface area contributed by atoms with E-state index in [1.807, 2.05) is 0 Å². The zero-order valence-electron chi connectivity index (χ0n) is 13.6. The maximum absolute atomic E-state index is 12.6. The molecule has 24 heavy (non-hydrogen) atoms. The van der Waals surface area contributed by atoms with Crippen molar-refractivity contribution in [3.05, 3.63) is 46.8 Å². The van der Waals surface area contributed by atoms with Crippen LogP contribution in [0, 0.1) is 13.8 Å². The lowest BCUT2D eigenvalue weighted by atomic mass is 10.1. The molecule has 1 N–H and O–H groups in total. The van der Waals surface area contributed by atoms with Crippen molar-refractivity contribution in [1.82, 2.24) is 14.5 Å². The van der Waals surface area contributed by atoms with Gasteiger partial charge < -0.3 is 0 Å². The Morgan fingerprint density at radius 3 is 2.12 bits per heavy atom. The van der Waals surface area contributed by atoms with Crippen molar-refractivity contribution in [2.45, 2.75) is 37.9 Å². The molecule has 0 bridgehead atoms. The van der Waals surface area contributed by atoms with E-state index in [1.165, 1.54) is 16.8 Å². The van der Waals surface area contributed by atoms with Crippen molar-refractivity contribution in [2.24, 2.45) is 7.05 Å². The standard InChI is InChI=1S/C15H18F3N3O2S/c1-9(12-5-7-13(8-6-12)15(16,17)18)20-24(22,23)14-10(2)19-21(4)11(14)3/h5-9,20H,1-4H3/t9-/m0/s1. The van der Waals surface area contributed by atoms with E-state index in [9.17, 15) is 21.6 Å². The van der Waals surface area contributed by atoms with Gasteiger partial charge in [0.15, 0.2) is 0 Å². The molecular formula is C15H18F3N3O2S. The molecule has 1 aromatic carbocycles. The highest BCUT2D eigenvalue weighted by atomic mass is 32.2. The van der Waals surface area contributed by atoms with Gasteiger partial charge in [-0.2, -0.15) is 18.3 Å². The second-order valence-corrected chi connectivity index (χ2v) is 7.24. The van der Waals surface area contributed by atoms with Gasteiger partial charge in [-0.3, -0.25) is 4.68 Å². The summed E-state index contributed by atoms with van der Waals surface area (Å²) in [6.45, 7) is 4.79. The van der Waals surface area contributed by atoms with Crippen LogP contribution in [-0.4, -0.2) is 18.2 Å². The van der Waals surface area contributed by atoms with Crippen LogP contribution in [0.1, 0.15) is 35.5 Å². The van der Waals surface area contributed by atoms with Gasteiger partial charge in [0.25, 0.3) is 0 Å². The Morgan fingerprint density at radius 1 is 1.17 bits per heavy atom. The van der Waals surface area contributed by atoms with Crippen LogP contribution in [0.3, 0.4) is 0 Å². The Balaban J connectivity index is 2.27. The number of nitrogens with zero attached hydrogens (tertiary/aromatic N) is 2. The van der Waals surface area contributed by atoms with Gasteiger partial charge in [0.05, 0.1) is 17.0 Å². The Morgan fingerprint density at radius 2 is 1.71 bits per heavy atom. The van der Waals surface area contributed by atoms with Gasteiger partial charge in [0.2, 0.25) is 10.0 Å². The molecule has 0 aliphatic heterocycles. The highest BCUT2D eigenvalue weighted by molar-refractivity contribution is 7.89. The van der Waals surface area contributed by atoms with Crippen molar-refractivity contribution in [1.29, 1.82) is 0 Å². The van der Waals surface area contributed by atoms with E-state index < -0.39 is 27.8 Å². The molecule has 2 aromatic rings. The van der Waals surface area contributed by atoms with E-state index in [4.69, 9.17) is 0 Å². The molecule has 2 rings (SSSR count). The number of halogens is 3.